The third-order valence-electron chi connectivity index (χ3n) is 3.70. The molecule has 0 atom stereocenters. The quantitative estimate of drug-likeness (QED) is 0.571. The first-order valence-corrected chi connectivity index (χ1v) is 10.3. The predicted molar refractivity (Wildman–Crippen MR) is 118 cm³/mol. The summed E-state index contributed by atoms with van der Waals surface area (Å²) >= 11 is 13.1. The van der Waals surface area contributed by atoms with E-state index in [0.29, 0.717) is 49.5 Å². The Labute approximate surface area is 186 Å². The Kier molecular flexibility index (Phi) is 7.25. The van der Waals surface area contributed by atoms with Crippen LogP contribution in [0.2, 0.25) is 10.0 Å². The van der Waals surface area contributed by atoms with E-state index in [1.54, 1.807) is 49.4 Å². The maximum absolute atomic E-state index is 12.3. The van der Waals surface area contributed by atoms with Crippen LogP contribution < -0.4 is 14.8 Å². The number of ether oxygens (including phenoxy) is 2. The Balaban J connectivity index is 1.81. The van der Waals surface area contributed by atoms with Gasteiger partial charge in [-0.05, 0) is 60.7 Å². The molecule has 1 aliphatic rings. The summed E-state index contributed by atoms with van der Waals surface area (Å²) in [4.78, 5) is 27.8. The van der Waals surface area contributed by atoms with Gasteiger partial charge < -0.3 is 19.9 Å². The van der Waals surface area contributed by atoms with Crippen molar-refractivity contribution in [3.63, 3.8) is 0 Å². The zero-order valence-electron chi connectivity index (χ0n) is 15.6. The SMILES string of the molecule is CCOc1cc(/C=C2/SC(=Nc3ccc(Cl)c(Cl)c3)NC2=O)ccc1OCC(=O)O. The monoisotopic (exact) mass is 466 g/mol. The standard InChI is InChI=1S/C20H16Cl2N2O5S/c1-2-28-16-7-11(3-6-15(16)29-10-18(25)26)8-17-19(27)24-20(30-17)23-12-4-5-13(21)14(22)9-12/h3-9H,2,10H2,1H3,(H,25,26)(H,23,24,27)/b17-8+. The Morgan fingerprint density at radius 2 is 1.97 bits per heavy atom. The molecule has 2 aromatic carbocycles. The molecule has 1 aliphatic heterocycles. The van der Waals surface area contributed by atoms with Crippen molar-refractivity contribution in [2.45, 2.75) is 6.92 Å². The van der Waals surface area contributed by atoms with Crippen molar-refractivity contribution in [3.05, 3.63) is 56.9 Å². The Hall–Kier alpha value is -2.68. The number of hydrogen-bond acceptors (Lipinski definition) is 6. The molecule has 7 nitrogen and oxygen atoms in total. The molecule has 0 radical (unpaired) electrons. The minimum absolute atomic E-state index is 0.289. The summed E-state index contributed by atoms with van der Waals surface area (Å²) in [6, 6.07) is 9.91. The summed E-state index contributed by atoms with van der Waals surface area (Å²) in [5.74, 6) is -0.674. The molecular weight excluding hydrogens is 451 g/mol. The molecule has 0 aliphatic carbocycles. The normalized spacial score (nSPS) is 16.0. The smallest absolute Gasteiger partial charge is 0.341 e. The Bertz CT molecular complexity index is 1060. The van der Waals surface area contributed by atoms with Crippen LogP contribution in [-0.4, -0.2) is 35.4 Å². The average molecular weight is 467 g/mol. The Morgan fingerprint density at radius 1 is 1.17 bits per heavy atom. The van der Waals surface area contributed by atoms with Gasteiger partial charge in [-0.3, -0.25) is 4.79 Å². The first-order valence-electron chi connectivity index (χ1n) is 8.71. The van der Waals surface area contributed by atoms with Crippen molar-refractivity contribution in [2.75, 3.05) is 13.2 Å². The van der Waals surface area contributed by atoms with E-state index in [0.717, 1.165) is 0 Å². The third-order valence-corrected chi connectivity index (χ3v) is 5.35. The van der Waals surface area contributed by atoms with Gasteiger partial charge in [-0.25, -0.2) is 9.79 Å². The van der Waals surface area contributed by atoms with Gasteiger partial charge in [0.25, 0.3) is 5.91 Å². The number of amidine groups is 1. The van der Waals surface area contributed by atoms with Crippen LogP contribution in [0.1, 0.15) is 12.5 Å². The average Bonchev–Trinajstić information content (AvgIpc) is 3.03. The minimum Gasteiger partial charge on any atom is -0.490 e. The van der Waals surface area contributed by atoms with Crippen molar-refractivity contribution in [2.24, 2.45) is 4.99 Å². The summed E-state index contributed by atoms with van der Waals surface area (Å²) < 4.78 is 10.8. The van der Waals surface area contributed by atoms with E-state index in [4.69, 9.17) is 37.8 Å². The molecule has 1 heterocycles. The number of amides is 1. The van der Waals surface area contributed by atoms with Crippen molar-refractivity contribution in [1.29, 1.82) is 0 Å². The summed E-state index contributed by atoms with van der Waals surface area (Å²) in [5.41, 5.74) is 1.25. The topological polar surface area (TPSA) is 97.2 Å². The van der Waals surface area contributed by atoms with Crippen molar-refractivity contribution >= 4 is 63.8 Å². The van der Waals surface area contributed by atoms with Gasteiger partial charge in [0.05, 0.1) is 27.2 Å². The highest BCUT2D eigenvalue weighted by molar-refractivity contribution is 8.18. The molecule has 1 saturated heterocycles. The van der Waals surface area contributed by atoms with E-state index >= 15 is 0 Å². The summed E-state index contributed by atoms with van der Waals surface area (Å²) in [7, 11) is 0. The number of rotatable bonds is 7. The number of nitrogens with one attached hydrogen (secondary N) is 1. The van der Waals surface area contributed by atoms with E-state index in [1.807, 2.05) is 0 Å². The van der Waals surface area contributed by atoms with Gasteiger partial charge in [0.15, 0.2) is 23.3 Å². The molecule has 0 spiro atoms. The number of thioether (sulfide) groups is 1. The van der Waals surface area contributed by atoms with Crippen molar-refractivity contribution < 1.29 is 24.2 Å². The van der Waals surface area contributed by atoms with E-state index in [-0.39, 0.29) is 5.91 Å². The first kappa shape index (κ1) is 22.0. The van der Waals surface area contributed by atoms with Crippen molar-refractivity contribution in [1.82, 2.24) is 5.32 Å². The van der Waals surface area contributed by atoms with E-state index in [2.05, 4.69) is 10.3 Å². The number of carboxylic acid groups (broad SMARTS) is 1. The zero-order valence-corrected chi connectivity index (χ0v) is 18.0. The molecule has 0 unspecified atom stereocenters. The molecule has 2 N–H and O–H groups in total. The van der Waals surface area contributed by atoms with Crippen LogP contribution in [-0.2, 0) is 9.59 Å². The second-order valence-corrected chi connectivity index (χ2v) is 7.75. The number of nitrogens with zero attached hydrogens (tertiary/aromatic N) is 1. The number of carboxylic acids is 1. The van der Waals surface area contributed by atoms with Gasteiger partial charge in [-0.1, -0.05) is 29.3 Å². The summed E-state index contributed by atoms with van der Waals surface area (Å²) in [6.07, 6.45) is 1.68. The summed E-state index contributed by atoms with van der Waals surface area (Å²) in [6.45, 7) is 1.70. The van der Waals surface area contributed by atoms with E-state index in [1.165, 1.54) is 11.8 Å². The molecule has 156 valence electrons. The fraction of sp³-hybridized carbons (Fsp3) is 0.150. The van der Waals surface area contributed by atoms with E-state index in [9.17, 15) is 9.59 Å². The van der Waals surface area contributed by atoms with Gasteiger partial charge in [-0.2, -0.15) is 0 Å². The molecule has 0 aromatic heterocycles. The highest BCUT2D eigenvalue weighted by atomic mass is 35.5. The number of carbonyl (C=O) groups is 2. The maximum Gasteiger partial charge on any atom is 0.341 e. The molecule has 0 saturated carbocycles. The molecule has 10 heteroatoms. The number of aliphatic carboxylic acids is 1. The first-order chi connectivity index (χ1) is 14.4. The second kappa shape index (κ2) is 9.88. The van der Waals surface area contributed by atoms with Crippen LogP contribution in [0, 0.1) is 0 Å². The predicted octanol–water partition coefficient (Wildman–Crippen LogP) is 4.75. The fourth-order valence-corrected chi connectivity index (χ4v) is 3.58. The lowest BCUT2D eigenvalue weighted by molar-refractivity contribution is -0.139. The molecule has 2 aromatic rings. The molecule has 1 fully saturated rings. The lowest BCUT2D eigenvalue weighted by Crippen LogP contribution is -2.19. The zero-order chi connectivity index (χ0) is 21.7. The van der Waals surface area contributed by atoms with Crippen LogP contribution in [0.15, 0.2) is 46.3 Å². The minimum atomic E-state index is -1.09. The van der Waals surface area contributed by atoms with Gasteiger partial charge in [-0.15, -0.1) is 0 Å². The largest absolute Gasteiger partial charge is 0.490 e. The maximum atomic E-state index is 12.3. The van der Waals surface area contributed by atoms with Gasteiger partial charge >= 0.3 is 5.97 Å². The van der Waals surface area contributed by atoms with Crippen LogP contribution in [0.4, 0.5) is 5.69 Å². The summed E-state index contributed by atoms with van der Waals surface area (Å²) in [5, 5.41) is 12.7. The van der Waals surface area contributed by atoms with Gasteiger partial charge in [0, 0.05) is 0 Å². The van der Waals surface area contributed by atoms with Crippen LogP contribution in [0.25, 0.3) is 6.08 Å². The third kappa shape index (κ3) is 5.69. The molecule has 0 bridgehead atoms. The molecule has 3 rings (SSSR count). The number of hydrogen-bond donors (Lipinski definition) is 2. The number of aliphatic imine (C=N–C) groups is 1. The van der Waals surface area contributed by atoms with Gasteiger partial charge in [0.1, 0.15) is 0 Å². The van der Waals surface area contributed by atoms with Crippen LogP contribution >= 0.6 is 35.0 Å². The second-order valence-electron chi connectivity index (χ2n) is 5.90. The van der Waals surface area contributed by atoms with Gasteiger partial charge in [0.2, 0.25) is 0 Å². The number of halogens is 2. The molecular formula is C20H16Cl2N2O5S. The number of benzene rings is 2. The van der Waals surface area contributed by atoms with E-state index < -0.39 is 12.6 Å². The highest BCUT2D eigenvalue weighted by Crippen LogP contribution is 2.33. The highest BCUT2D eigenvalue weighted by Gasteiger charge is 2.24. The Morgan fingerprint density at radius 3 is 2.67 bits per heavy atom. The molecule has 30 heavy (non-hydrogen) atoms. The number of carbonyl (C=O) groups excluding carboxylic acids is 1. The van der Waals surface area contributed by atoms with Crippen LogP contribution in [0.3, 0.4) is 0 Å². The fourth-order valence-electron chi connectivity index (χ4n) is 2.45. The lowest BCUT2D eigenvalue weighted by Gasteiger charge is -2.11. The van der Waals surface area contributed by atoms with Crippen molar-refractivity contribution in [3.8, 4) is 11.5 Å². The lowest BCUT2D eigenvalue weighted by atomic mass is 10.2. The van der Waals surface area contributed by atoms with Crippen LogP contribution in [0.5, 0.6) is 11.5 Å². The molecule has 1 amide bonds.